The van der Waals surface area contributed by atoms with E-state index in [1.165, 1.54) is 39.2 Å². The van der Waals surface area contributed by atoms with E-state index in [0.717, 1.165) is 19.3 Å². The van der Waals surface area contributed by atoms with Gasteiger partial charge in [0.1, 0.15) is 0 Å². The summed E-state index contributed by atoms with van der Waals surface area (Å²) in [4.78, 5) is 25.7. The van der Waals surface area contributed by atoms with Crippen molar-refractivity contribution in [2.45, 2.75) is 85.0 Å². The van der Waals surface area contributed by atoms with Crippen LogP contribution in [-0.4, -0.2) is 25.7 Å². The Balaban J connectivity index is 2.59. The highest BCUT2D eigenvalue weighted by molar-refractivity contribution is 6.30. The number of carbonyl (C=O) groups is 2. The van der Waals surface area contributed by atoms with Gasteiger partial charge < -0.3 is 14.2 Å². The van der Waals surface area contributed by atoms with Gasteiger partial charge in [-0.05, 0) is 31.4 Å². The quantitative estimate of drug-likeness (QED) is 0.131. The van der Waals surface area contributed by atoms with Crippen LogP contribution in [0, 0.1) is 5.41 Å². The van der Waals surface area contributed by atoms with E-state index in [9.17, 15) is 9.59 Å². The zero-order valence-corrected chi connectivity index (χ0v) is 19.7. The number of hydrogen-bond donors (Lipinski definition) is 0. The first-order valence-electron chi connectivity index (χ1n) is 11.2. The number of benzene rings is 1. The Kier molecular flexibility index (Phi) is 12.5. The lowest BCUT2D eigenvalue weighted by Gasteiger charge is -2.27. The monoisotopic (exact) mass is 440 g/mol. The standard InChI is InChI=1S/C24H37ClO5/c1-5-8-9-10-11-12-13-14-17-29-22(26)24(6-2,7-3)23(27)30-20-16-15-19(25)18-21(20)28-4/h15-16,18H,5-14,17H2,1-4H3. The Labute approximate surface area is 186 Å². The minimum Gasteiger partial charge on any atom is -0.493 e. The maximum absolute atomic E-state index is 12.9. The van der Waals surface area contributed by atoms with Crippen LogP contribution in [0.5, 0.6) is 11.5 Å². The topological polar surface area (TPSA) is 61.8 Å². The molecule has 0 aliphatic heterocycles. The summed E-state index contributed by atoms with van der Waals surface area (Å²) in [6.45, 7) is 6.12. The van der Waals surface area contributed by atoms with Crippen LogP contribution in [0.4, 0.5) is 0 Å². The van der Waals surface area contributed by atoms with Gasteiger partial charge in [-0.15, -0.1) is 0 Å². The summed E-state index contributed by atoms with van der Waals surface area (Å²) in [5, 5.41) is 0.466. The largest absolute Gasteiger partial charge is 0.493 e. The molecule has 0 N–H and O–H groups in total. The first kappa shape index (κ1) is 26.3. The van der Waals surface area contributed by atoms with Gasteiger partial charge in [0, 0.05) is 11.1 Å². The molecule has 0 saturated heterocycles. The maximum Gasteiger partial charge on any atom is 0.328 e. The lowest BCUT2D eigenvalue weighted by atomic mass is 9.82. The molecule has 30 heavy (non-hydrogen) atoms. The van der Waals surface area contributed by atoms with Crippen LogP contribution in [-0.2, 0) is 14.3 Å². The smallest absolute Gasteiger partial charge is 0.328 e. The fourth-order valence-electron chi connectivity index (χ4n) is 3.37. The fraction of sp³-hybridized carbons (Fsp3) is 0.667. The van der Waals surface area contributed by atoms with E-state index < -0.39 is 17.4 Å². The zero-order valence-electron chi connectivity index (χ0n) is 18.9. The lowest BCUT2D eigenvalue weighted by molar-refractivity contribution is -0.168. The third-order valence-electron chi connectivity index (χ3n) is 5.55. The van der Waals surface area contributed by atoms with Crippen molar-refractivity contribution in [2.75, 3.05) is 13.7 Å². The normalized spacial score (nSPS) is 11.2. The SMILES string of the molecule is CCCCCCCCCCOC(=O)C(CC)(CC)C(=O)Oc1ccc(Cl)cc1OC. The molecule has 1 aromatic rings. The van der Waals surface area contributed by atoms with Gasteiger partial charge in [0.15, 0.2) is 16.9 Å². The maximum atomic E-state index is 12.9. The molecule has 0 bridgehead atoms. The van der Waals surface area contributed by atoms with Crippen molar-refractivity contribution >= 4 is 23.5 Å². The van der Waals surface area contributed by atoms with Gasteiger partial charge in [-0.25, -0.2) is 0 Å². The fourth-order valence-corrected chi connectivity index (χ4v) is 3.54. The van der Waals surface area contributed by atoms with Crippen LogP contribution in [0.25, 0.3) is 0 Å². The van der Waals surface area contributed by atoms with Gasteiger partial charge >= 0.3 is 11.9 Å². The van der Waals surface area contributed by atoms with Crippen molar-refractivity contribution < 1.29 is 23.8 Å². The van der Waals surface area contributed by atoms with Gasteiger partial charge in [-0.1, -0.05) is 77.3 Å². The second kappa shape index (κ2) is 14.3. The Morgan fingerprint density at radius 1 is 0.867 bits per heavy atom. The van der Waals surface area contributed by atoms with Crippen molar-refractivity contribution in [3.63, 3.8) is 0 Å². The van der Waals surface area contributed by atoms with Gasteiger partial charge in [0.05, 0.1) is 13.7 Å². The zero-order chi connectivity index (χ0) is 22.4. The molecule has 0 aliphatic rings. The van der Waals surface area contributed by atoms with E-state index in [0.29, 0.717) is 30.2 Å². The first-order chi connectivity index (χ1) is 14.4. The molecule has 0 fully saturated rings. The van der Waals surface area contributed by atoms with E-state index in [4.69, 9.17) is 25.8 Å². The van der Waals surface area contributed by atoms with E-state index in [-0.39, 0.29) is 5.75 Å². The van der Waals surface area contributed by atoms with E-state index in [2.05, 4.69) is 6.92 Å². The number of rotatable bonds is 15. The van der Waals surface area contributed by atoms with E-state index in [1.807, 2.05) is 0 Å². The highest BCUT2D eigenvalue weighted by Crippen LogP contribution is 2.35. The van der Waals surface area contributed by atoms with Crippen molar-refractivity contribution in [1.82, 2.24) is 0 Å². The summed E-state index contributed by atoms with van der Waals surface area (Å²) in [7, 11) is 1.47. The number of carbonyl (C=O) groups excluding carboxylic acids is 2. The minimum absolute atomic E-state index is 0.231. The minimum atomic E-state index is -1.33. The molecule has 1 rings (SSSR count). The number of hydrogen-bond acceptors (Lipinski definition) is 5. The molecule has 0 aromatic heterocycles. The summed E-state index contributed by atoms with van der Waals surface area (Å²) in [5.41, 5.74) is -1.33. The summed E-state index contributed by atoms with van der Waals surface area (Å²) in [5.74, 6) is -0.583. The highest BCUT2D eigenvalue weighted by Gasteiger charge is 2.46. The Morgan fingerprint density at radius 2 is 1.47 bits per heavy atom. The number of esters is 2. The molecule has 0 amide bonds. The first-order valence-corrected chi connectivity index (χ1v) is 11.6. The molecule has 0 aliphatic carbocycles. The van der Waals surface area contributed by atoms with E-state index in [1.54, 1.807) is 32.0 Å². The van der Waals surface area contributed by atoms with Gasteiger partial charge in [0.2, 0.25) is 0 Å². The molecule has 0 heterocycles. The summed E-state index contributed by atoms with van der Waals surface area (Å²) >= 11 is 5.96. The van der Waals surface area contributed by atoms with Crippen molar-refractivity contribution in [2.24, 2.45) is 5.41 Å². The number of methoxy groups -OCH3 is 1. The Hall–Kier alpha value is -1.75. The van der Waals surface area contributed by atoms with Crippen molar-refractivity contribution in [1.29, 1.82) is 0 Å². The molecule has 1 aromatic carbocycles. The highest BCUT2D eigenvalue weighted by atomic mass is 35.5. The third kappa shape index (κ3) is 7.82. The average Bonchev–Trinajstić information content (AvgIpc) is 2.75. The second-order valence-electron chi connectivity index (χ2n) is 7.58. The van der Waals surface area contributed by atoms with Crippen LogP contribution in [0.3, 0.4) is 0 Å². The van der Waals surface area contributed by atoms with Crippen LogP contribution >= 0.6 is 11.6 Å². The summed E-state index contributed by atoms with van der Waals surface area (Å²) < 4.78 is 16.2. The predicted molar refractivity (Wildman–Crippen MR) is 120 cm³/mol. The molecular weight excluding hydrogens is 404 g/mol. The van der Waals surface area contributed by atoms with Crippen LogP contribution in [0.2, 0.25) is 5.02 Å². The molecule has 0 unspecified atom stereocenters. The van der Waals surface area contributed by atoms with Crippen molar-refractivity contribution in [3.8, 4) is 11.5 Å². The molecule has 0 saturated carbocycles. The van der Waals surface area contributed by atoms with Crippen LogP contribution < -0.4 is 9.47 Å². The number of halogens is 1. The van der Waals surface area contributed by atoms with E-state index >= 15 is 0 Å². The van der Waals surface area contributed by atoms with Gasteiger partial charge in [-0.2, -0.15) is 0 Å². The van der Waals surface area contributed by atoms with Gasteiger partial charge in [-0.3, -0.25) is 9.59 Å². The third-order valence-corrected chi connectivity index (χ3v) is 5.78. The predicted octanol–water partition coefficient (Wildman–Crippen LogP) is 6.74. The summed E-state index contributed by atoms with van der Waals surface area (Å²) in [6, 6.07) is 4.72. The number of unbranched alkanes of at least 4 members (excludes halogenated alkanes) is 7. The molecule has 5 nitrogen and oxygen atoms in total. The molecule has 170 valence electrons. The average molecular weight is 441 g/mol. The molecule has 0 radical (unpaired) electrons. The van der Waals surface area contributed by atoms with Crippen LogP contribution in [0.1, 0.15) is 85.0 Å². The molecule has 6 heteroatoms. The van der Waals surface area contributed by atoms with Gasteiger partial charge in [0.25, 0.3) is 0 Å². The van der Waals surface area contributed by atoms with Crippen molar-refractivity contribution in [3.05, 3.63) is 23.2 Å². The molecular formula is C24H37ClO5. The number of ether oxygens (including phenoxy) is 3. The summed E-state index contributed by atoms with van der Waals surface area (Å²) in [6.07, 6.45) is 9.90. The lowest BCUT2D eigenvalue weighted by Crippen LogP contribution is -2.42. The molecule has 0 atom stereocenters. The second-order valence-corrected chi connectivity index (χ2v) is 8.02. The Morgan fingerprint density at radius 3 is 2.03 bits per heavy atom. The Bertz CT molecular complexity index is 655. The molecule has 0 spiro atoms. The van der Waals surface area contributed by atoms with Crippen LogP contribution in [0.15, 0.2) is 18.2 Å².